The molecule has 0 saturated heterocycles. The van der Waals surface area contributed by atoms with Crippen LogP contribution in [-0.4, -0.2) is 38.6 Å². The van der Waals surface area contributed by atoms with Crippen LogP contribution in [0.4, 0.5) is 5.69 Å². The first-order chi connectivity index (χ1) is 13.9. The maximum absolute atomic E-state index is 12.3. The van der Waals surface area contributed by atoms with E-state index in [1.165, 1.54) is 18.9 Å². The monoisotopic (exact) mass is 496 g/mol. The highest BCUT2D eigenvalue weighted by Crippen LogP contribution is 2.33. The molecule has 2 N–H and O–H groups in total. The molecule has 0 radical (unpaired) electrons. The molecule has 7 nitrogen and oxygen atoms in total. The van der Waals surface area contributed by atoms with Gasteiger partial charge in [-0.1, -0.05) is 39.3 Å². The van der Waals surface area contributed by atoms with Gasteiger partial charge in [-0.2, -0.15) is 0 Å². The maximum atomic E-state index is 12.3. The predicted molar refractivity (Wildman–Crippen MR) is 118 cm³/mol. The van der Waals surface area contributed by atoms with Crippen LogP contribution in [0.5, 0.6) is 11.5 Å². The molecule has 0 bridgehead atoms. The van der Waals surface area contributed by atoms with E-state index in [9.17, 15) is 9.90 Å². The van der Waals surface area contributed by atoms with Gasteiger partial charge < -0.3 is 19.7 Å². The number of ether oxygens (including phenoxy) is 1. The fourth-order valence-electron chi connectivity index (χ4n) is 2.64. The van der Waals surface area contributed by atoms with E-state index in [4.69, 9.17) is 16.3 Å². The summed E-state index contributed by atoms with van der Waals surface area (Å²) in [5, 5.41) is 22.3. The van der Waals surface area contributed by atoms with Crippen molar-refractivity contribution in [2.75, 3.05) is 18.2 Å². The number of halogens is 2. The van der Waals surface area contributed by atoms with Crippen molar-refractivity contribution in [3.8, 4) is 22.9 Å². The van der Waals surface area contributed by atoms with E-state index < -0.39 is 0 Å². The minimum absolute atomic E-state index is 0.112. The molecule has 0 unspecified atom stereocenters. The van der Waals surface area contributed by atoms with Crippen LogP contribution in [0.15, 0.2) is 46.0 Å². The van der Waals surface area contributed by atoms with Gasteiger partial charge in [0.05, 0.1) is 23.4 Å². The number of carbonyl (C=O) groups is 1. The summed E-state index contributed by atoms with van der Waals surface area (Å²) in [5.74, 6) is 1.14. The van der Waals surface area contributed by atoms with Crippen molar-refractivity contribution in [1.82, 2.24) is 14.8 Å². The van der Waals surface area contributed by atoms with Crippen molar-refractivity contribution in [3.63, 3.8) is 0 Å². The van der Waals surface area contributed by atoms with E-state index in [1.807, 2.05) is 11.5 Å². The number of phenols is 1. The van der Waals surface area contributed by atoms with Crippen LogP contribution in [0.2, 0.25) is 5.02 Å². The molecule has 0 atom stereocenters. The summed E-state index contributed by atoms with van der Waals surface area (Å²) in [7, 11) is 1.53. The highest BCUT2D eigenvalue weighted by molar-refractivity contribution is 9.10. The van der Waals surface area contributed by atoms with Gasteiger partial charge in [0.1, 0.15) is 11.5 Å². The molecule has 0 spiro atoms. The second-order valence-corrected chi connectivity index (χ2v) is 8.16. The van der Waals surface area contributed by atoms with Crippen molar-refractivity contribution in [2.24, 2.45) is 0 Å². The van der Waals surface area contributed by atoms with Gasteiger partial charge in [-0.25, -0.2) is 0 Å². The van der Waals surface area contributed by atoms with Crippen LogP contribution < -0.4 is 10.1 Å². The molecule has 0 aliphatic rings. The second-order valence-electron chi connectivity index (χ2n) is 5.90. The molecule has 29 heavy (non-hydrogen) atoms. The topological polar surface area (TPSA) is 89.3 Å². The molecule has 1 heterocycles. The number of phenolic OH excluding ortho intramolecular Hbond substituents is 1. The lowest BCUT2D eigenvalue weighted by Crippen LogP contribution is -2.14. The fraction of sp³-hybridized carbons (Fsp3) is 0.211. The van der Waals surface area contributed by atoms with Crippen molar-refractivity contribution in [1.29, 1.82) is 0 Å². The Balaban J connectivity index is 1.71. The molecule has 152 valence electrons. The number of carbonyl (C=O) groups excluding carboxylic acids is 1. The number of aromatic hydroxyl groups is 1. The van der Waals surface area contributed by atoms with Gasteiger partial charge in [-0.15, -0.1) is 10.2 Å². The van der Waals surface area contributed by atoms with Crippen LogP contribution in [-0.2, 0) is 11.3 Å². The lowest BCUT2D eigenvalue weighted by molar-refractivity contribution is -0.113. The van der Waals surface area contributed by atoms with Crippen LogP contribution in [0, 0.1) is 0 Å². The van der Waals surface area contributed by atoms with E-state index in [0.29, 0.717) is 39.5 Å². The third kappa shape index (κ3) is 5.04. The second kappa shape index (κ2) is 9.51. The number of benzene rings is 2. The van der Waals surface area contributed by atoms with Crippen molar-refractivity contribution >= 4 is 50.9 Å². The number of amides is 1. The minimum atomic E-state index is -0.200. The Kier molecular flexibility index (Phi) is 7.05. The van der Waals surface area contributed by atoms with E-state index in [2.05, 4.69) is 31.4 Å². The molecule has 2 aromatic carbocycles. The number of nitrogens with zero attached hydrogens (tertiary/aromatic N) is 3. The van der Waals surface area contributed by atoms with Gasteiger partial charge in [0, 0.05) is 16.7 Å². The molecule has 0 saturated carbocycles. The Hall–Kier alpha value is -2.23. The molecular weight excluding hydrogens is 480 g/mol. The van der Waals surface area contributed by atoms with Crippen LogP contribution in [0.1, 0.15) is 6.92 Å². The zero-order valence-electron chi connectivity index (χ0n) is 15.6. The quantitative estimate of drug-likeness (QED) is 0.455. The highest BCUT2D eigenvalue weighted by Gasteiger charge is 2.17. The normalized spacial score (nSPS) is 10.8. The average Bonchev–Trinajstić information content (AvgIpc) is 3.11. The van der Waals surface area contributed by atoms with E-state index in [-0.39, 0.29) is 17.4 Å². The Morgan fingerprint density at radius 3 is 2.79 bits per heavy atom. The van der Waals surface area contributed by atoms with Crippen molar-refractivity contribution in [3.05, 3.63) is 45.9 Å². The third-order valence-electron chi connectivity index (χ3n) is 4.00. The molecule has 10 heteroatoms. The molecule has 3 rings (SSSR count). The van der Waals surface area contributed by atoms with Gasteiger partial charge in [0.15, 0.2) is 11.0 Å². The number of hydrogen-bond donors (Lipinski definition) is 2. The van der Waals surface area contributed by atoms with Gasteiger partial charge in [0.2, 0.25) is 5.91 Å². The Labute approximate surface area is 185 Å². The molecule has 1 aromatic heterocycles. The van der Waals surface area contributed by atoms with Crippen LogP contribution >= 0.6 is 39.3 Å². The number of hydrogen-bond acceptors (Lipinski definition) is 6. The first kappa shape index (κ1) is 21.5. The van der Waals surface area contributed by atoms with Crippen molar-refractivity contribution < 1.29 is 14.6 Å². The fourth-order valence-corrected chi connectivity index (χ4v) is 4.06. The smallest absolute Gasteiger partial charge is 0.234 e. The summed E-state index contributed by atoms with van der Waals surface area (Å²) in [6.07, 6.45) is 0. The average molecular weight is 498 g/mol. The van der Waals surface area contributed by atoms with Gasteiger partial charge in [-0.3, -0.25) is 4.79 Å². The summed E-state index contributed by atoms with van der Waals surface area (Å²) in [5.41, 5.74) is 1.15. The van der Waals surface area contributed by atoms with Crippen molar-refractivity contribution in [2.45, 2.75) is 18.6 Å². The standard InChI is InChI=1S/C19H18BrClN4O3S/c1-3-25-18(13-8-11(20)4-6-15(13)26)23-24-19(25)29-10-17(27)22-12-5-7-16(28-2)14(21)9-12/h4-9,26H,3,10H2,1-2H3,(H,22,27). The summed E-state index contributed by atoms with van der Waals surface area (Å²) >= 11 is 10.7. The highest BCUT2D eigenvalue weighted by atomic mass is 79.9. The number of aromatic nitrogens is 3. The minimum Gasteiger partial charge on any atom is -0.507 e. The summed E-state index contributed by atoms with van der Waals surface area (Å²) in [6, 6.07) is 10.2. The lowest BCUT2D eigenvalue weighted by Gasteiger charge is -2.10. The number of methoxy groups -OCH3 is 1. The Bertz CT molecular complexity index is 1040. The van der Waals surface area contributed by atoms with Gasteiger partial charge >= 0.3 is 0 Å². The number of nitrogens with one attached hydrogen (secondary N) is 1. The first-order valence-electron chi connectivity index (χ1n) is 8.61. The summed E-state index contributed by atoms with van der Waals surface area (Å²) < 4.78 is 7.78. The van der Waals surface area contributed by atoms with Gasteiger partial charge in [0.25, 0.3) is 0 Å². The Morgan fingerprint density at radius 2 is 2.10 bits per heavy atom. The number of thioether (sulfide) groups is 1. The number of rotatable bonds is 7. The first-order valence-corrected chi connectivity index (χ1v) is 10.8. The largest absolute Gasteiger partial charge is 0.507 e. The maximum Gasteiger partial charge on any atom is 0.234 e. The Morgan fingerprint density at radius 1 is 1.31 bits per heavy atom. The predicted octanol–water partition coefficient (Wildman–Crippen LogP) is 4.83. The molecule has 0 aliphatic carbocycles. The van der Waals surface area contributed by atoms with E-state index in [0.717, 1.165) is 4.47 Å². The zero-order valence-corrected chi connectivity index (χ0v) is 18.8. The van der Waals surface area contributed by atoms with E-state index in [1.54, 1.807) is 36.4 Å². The van der Waals surface area contributed by atoms with Crippen LogP contribution in [0.3, 0.4) is 0 Å². The lowest BCUT2D eigenvalue weighted by atomic mass is 10.2. The summed E-state index contributed by atoms with van der Waals surface area (Å²) in [4.78, 5) is 12.3. The van der Waals surface area contributed by atoms with E-state index >= 15 is 0 Å². The SMILES string of the molecule is CCn1c(SCC(=O)Nc2ccc(OC)c(Cl)c2)nnc1-c1cc(Br)ccc1O. The zero-order chi connectivity index (χ0) is 21.0. The molecule has 3 aromatic rings. The molecule has 1 amide bonds. The summed E-state index contributed by atoms with van der Waals surface area (Å²) in [6.45, 7) is 2.54. The third-order valence-corrected chi connectivity index (χ3v) is 5.76. The molecule has 0 fully saturated rings. The van der Waals surface area contributed by atoms with Crippen LogP contribution in [0.25, 0.3) is 11.4 Å². The molecular formula is C19H18BrClN4O3S. The van der Waals surface area contributed by atoms with Gasteiger partial charge in [-0.05, 0) is 43.3 Å². The molecule has 0 aliphatic heterocycles. The number of anilines is 1.